The molecule has 0 aliphatic heterocycles. The summed E-state index contributed by atoms with van der Waals surface area (Å²) in [5.41, 5.74) is 13.7. The van der Waals surface area contributed by atoms with E-state index in [1.54, 1.807) is 24.3 Å². The third kappa shape index (κ3) is 11.3. The quantitative estimate of drug-likeness (QED) is 0.161. The lowest BCUT2D eigenvalue weighted by Gasteiger charge is -2.24. The molecule has 204 valence electrons. The van der Waals surface area contributed by atoms with Crippen molar-refractivity contribution >= 4 is 30.1 Å². The molecule has 3 amide bonds. The fraction of sp³-hybridized carbons (Fsp3) is 0.444. The second kappa shape index (κ2) is 16.7. The molecule has 0 aromatic heterocycles. The Morgan fingerprint density at radius 3 is 2.19 bits per heavy atom. The van der Waals surface area contributed by atoms with E-state index in [-0.39, 0.29) is 36.7 Å². The van der Waals surface area contributed by atoms with Crippen LogP contribution in [0.3, 0.4) is 0 Å². The molecule has 0 unspecified atom stereocenters. The van der Waals surface area contributed by atoms with Crippen LogP contribution >= 0.6 is 12.4 Å². The molecule has 2 rings (SSSR count). The molecule has 7 N–H and O–H groups in total. The fourth-order valence-electron chi connectivity index (χ4n) is 3.58. The van der Waals surface area contributed by atoms with Gasteiger partial charge in [0.25, 0.3) is 11.8 Å². The number of rotatable bonds is 14. The van der Waals surface area contributed by atoms with E-state index < -0.39 is 24.1 Å². The molecule has 0 saturated carbocycles. The van der Waals surface area contributed by atoms with Crippen LogP contribution in [0.1, 0.15) is 55.1 Å². The molecular formula is C27H40ClN5O4. The van der Waals surface area contributed by atoms with E-state index in [1.807, 2.05) is 51.1 Å². The predicted octanol–water partition coefficient (Wildman–Crippen LogP) is 1.83. The van der Waals surface area contributed by atoms with Gasteiger partial charge in [-0.25, -0.2) is 5.43 Å². The Kier molecular flexibility index (Phi) is 14.5. The smallest absolute Gasteiger partial charge is 0.265 e. The van der Waals surface area contributed by atoms with Crippen molar-refractivity contribution in [3.8, 4) is 0 Å². The summed E-state index contributed by atoms with van der Waals surface area (Å²) in [4.78, 5) is 37.6. The van der Waals surface area contributed by atoms with Crippen molar-refractivity contribution in [2.75, 3.05) is 6.54 Å². The lowest BCUT2D eigenvalue weighted by Crippen LogP contribution is -2.54. The normalized spacial score (nSPS) is 13.1. The fourth-order valence-corrected chi connectivity index (χ4v) is 3.58. The first-order chi connectivity index (χ1) is 17.2. The lowest BCUT2D eigenvalue weighted by atomic mass is 9.99. The molecule has 0 fully saturated rings. The van der Waals surface area contributed by atoms with Crippen molar-refractivity contribution in [3.63, 3.8) is 0 Å². The van der Waals surface area contributed by atoms with E-state index in [2.05, 4.69) is 21.5 Å². The van der Waals surface area contributed by atoms with Gasteiger partial charge in [-0.3, -0.25) is 19.8 Å². The van der Waals surface area contributed by atoms with Gasteiger partial charge >= 0.3 is 0 Å². The number of amides is 3. The summed E-state index contributed by atoms with van der Waals surface area (Å²) in [5, 5.41) is 15.9. The molecule has 0 spiro atoms. The molecule has 0 aliphatic rings. The van der Waals surface area contributed by atoms with Crippen molar-refractivity contribution in [1.82, 2.24) is 21.5 Å². The number of benzene rings is 2. The zero-order chi connectivity index (χ0) is 26.5. The summed E-state index contributed by atoms with van der Waals surface area (Å²) in [7, 11) is 0. The number of aliphatic hydroxyl groups is 1. The Bertz CT molecular complexity index is 973. The van der Waals surface area contributed by atoms with E-state index in [0.717, 1.165) is 17.5 Å². The molecule has 0 radical (unpaired) electrons. The Hall–Kier alpha value is -2.98. The largest absolute Gasteiger partial charge is 0.382 e. The van der Waals surface area contributed by atoms with E-state index in [1.165, 1.54) is 0 Å². The molecule has 37 heavy (non-hydrogen) atoms. The van der Waals surface area contributed by atoms with Gasteiger partial charge in [0.05, 0.1) is 0 Å². The molecule has 2 aromatic rings. The summed E-state index contributed by atoms with van der Waals surface area (Å²) < 4.78 is 0. The number of hydrazine groups is 1. The molecule has 2 aromatic carbocycles. The van der Waals surface area contributed by atoms with Crippen LogP contribution in [0.25, 0.3) is 0 Å². The van der Waals surface area contributed by atoms with Crippen LogP contribution in [0.15, 0.2) is 54.6 Å². The van der Waals surface area contributed by atoms with Gasteiger partial charge in [0, 0.05) is 24.7 Å². The van der Waals surface area contributed by atoms with Gasteiger partial charge in [-0.1, -0.05) is 63.2 Å². The van der Waals surface area contributed by atoms with Gasteiger partial charge in [0.1, 0.15) is 12.1 Å². The minimum Gasteiger partial charge on any atom is -0.382 e. The van der Waals surface area contributed by atoms with E-state index in [0.29, 0.717) is 24.9 Å². The van der Waals surface area contributed by atoms with Gasteiger partial charge in [0.2, 0.25) is 5.91 Å². The minimum absolute atomic E-state index is 0. The third-order valence-corrected chi connectivity index (χ3v) is 5.59. The molecule has 0 saturated heterocycles. The summed E-state index contributed by atoms with van der Waals surface area (Å²) in [5.74, 6) is -1.13. The Labute approximate surface area is 225 Å². The van der Waals surface area contributed by atoms with Crippen LogP contribution in [-0.4, -0.2) is 47.6 Å². The predicted molar refractivity (Wildman–Crippen MR) is 147 cm³/mol. The summed E-state index contributed by atoms with van der Waals surface area (Å²) in [6, 6.07) is 14.6. The average molecular weight is 534 g/mol. The third-order valence-electron chi connectivity index (χ3n) is 5.59. The molecule has 0 aliphatic carbocycles. The molecule has 9 nitrogen and oxygen atoms in total. The van der Waals surface area contributed by atoms with Crippen LogP contribution in [0.5, 0.6) is 0 Å². The van der Waals surface area contributed by atoms with E-state index in [9.17, 15) is 19.5 Å². The molecule has 10 heteroatoms. The highest BCUT2D eigenvalue weighted by Crippen LogP contribution is 2.09. The number of hydrogen-bond acceptors (Lipinski definition) is 6. The van der Waals surface area contributed by atoms with Crippen LogP contribution in [0.4, 0.5) is 0 Å². The summed E-state index contributed by atoms with van der Waals surface area (Å²) >= 11 is 0. The minimum atomic E-state index is -1.45. The lowest BCUT2D eigenvalue weighted by molar-refractivity contribution is -0.135. The zero-order valence-electron chi connectivity index (χ0n) is 21.7. The highest BCUT2D eigenvalue weighted by molar-refractivity contribution is 5.94. The van der Waals surface area contributed by atoms with E-state index in [4.69, 9.17) is 5.73 Å². The van der Waals surface area contributed by atoms with Crippen molar-refractivity contribution in [2.45, 2.75) is 64.8 Å². The monoisotopic (exact) mass is 533 g/mol. The van der Waals surface area contributed by atoms with E-state index >= 15 is 0 Å². The Balaban J connectivity index is 0.00000684. The van der Waals surface area contributed by atoms with Gasteiger partial charge < -0.3 is 21.5 Å². The first kappa shape index (κ1) is 32.0. The first-order valence-corrected chi connectivity index (χ1v) is 12.4. The van der Waals surface area contributed by atoms with Crippen molar-refractivity contribution < 1.29 is 19.5 Å². The number of carbonyl (C=O) groups excluding carboxylic acids is 3. The average Bonchev–Trinajstić information content (AvgIpc) is 2.87. The topological polar surface area (TPSA) is 146 Å². The van der Waals surface area contributed by atoms with Gasteiger partial charge in [-0.15, -0.1) is 12.4 Å². The zero-order valence-corrected chi connectivity index (χ0v) is 22.5. The van der Waals surface area contributed by atoms with Gasteiger partial charge in [-0.05, 0) is 48.4 Å². The number of nitrogens with two attached hydrogens (primary N) is 1. The van der Waals surface area contributed by atoms with Gasteiger partial charge in [0.15, 0.2) is 0 Å². The van der Waals surface area contributed by atoms with Crippen LogP contribution in [-0.2, 0) is 22.6 Å². The highest BCUT2D eigenvalue weighted by atomic mass is 35.5. The SMILES string of the molecule is CCCNNC(=O)c1ccc(CNC(=O)[C@H](CC(C)C)NC(=O)[C@@H](O)[C@H](N)Cc2ccccc2)cc1.Cl. The Morgan fingerprint density at radius 2 is 1.59 bits per heavy atom. The number of nitrogens with one attached hydrogen (secondary N) is 4. The number of hydrogen-bond donors (Lipinski definition) is 6. The second-order valence-corrected chi connectivity index (χ2v) is 9.28. The van der Waals surface area contributed by atoms with Crippen molar-refractivity contribution in [3.05, 3.63) is 71.3 Å². The summed E-state index contributed by atoms with van der Waals surface area (Å²) in [6.07, 6.45) is 0.191. The van der Waals surface area contributed by atoms with Crippen LogP contribution < -0.4 is 27.2 Å². The number of carbonyl (C=O) groups is 3. The maximum atomic E-state index is 12.9. The van der Waals surface area contributed by atoms with Crippen LogP contribution in [0.2, 0.25) is 0 Å². The van der Waals surface area contributed by atoms with Crippen molar-refractivity contribution in [2.24, 2.45) is 11.7 Å². The summed E-state index contributed by atoms with van der Waals surface area (Å²) in [6.45, 7) is 6.81. The first-order valence-electron chi connectivity index (χ1n) is 12.4. The second-order valence-electron chi connectivity index (χ2n) is 9.28. The maximum Gasteiger partial charge on any atom is 0.265 e. The molecule has 3 atom stereocenters. The maximum absolute atomic E-state index is 12.9. The number of halogens is 1. The standard InChI is InChI=1S/C27H39N5O4.ClH/c1-4-14-30-32-25(34)21-12-10-20(11-13-21)17-29-26(35)23(15-18(2)3)31-27(36)24(33)22(28)16-19-8-6-5-7-9-19;/h5-13,18,22-24,30,33H,4,14-17,28H2,1-3H3,(H,29,35)(H,31,36)(H,32,34);1H/t22-,23+,24+;/m1./s1. The van der Waals surface area contributed by atoms with Crippen molar-refractivity contribution in [1.29, 1.82) is 0 Å². The van der Waals surface area contributed by atoms with Gasteiger partial charge in [-0.2, -0.15) is 0 Å². The molecule has 0 heterocycles. The molecular weight excluding hydrogens is 494 g/mol. The van der Waals surface area contributed by atoms with Crippen LogP contribution in [0, 0.1) is 5.92 Å². The molecule has 0 bridgehead atoms. The Morgan fingerprint density at radius 1 is 0.946 bits per heavy atom. The number of aliphatic hydroxyl groups excluding tert-OH is 1. The highest BCUT2D eigenvalue weighted by Gasteiger charge is 2.28.